The zero-order valence-electron chi connectivity index (χ0n) is 44.3. The lowest BCUT2D eigenvalue weighted by Gasteiger charge is -2.20. The number of para-hydroxylation sites is 1. The van der Waals surface area contributed by atoms with Crippen LogP contribution in [0.2, 0.25) is 0 Å². The third-order valence-corrected chi connectivity index (χ3v) is 13.2. The third kappa shape index (κ3) is 11.5. The van der Waals surface area contributed by atoms with Crippen molar-refractivity contribution >= 4 is 77.4 Å². The van der Waals surface area contributed by atoms with Gasteiger partial charge in [-0.2, -0.15) is 0 Å². The van der Waals surface area contributed by atoms with E-state index in [9.17, 15) is 19.2 Å². The molecule has 0 aliphatic rings. The SMILES string of the molecule is CC(C)(C)C(=O)c1c2ccccc2cc2ccccc12.Cc1cc2ccccc2c(C(=O)C(C)C)c1C.Cc1nc2ccccc2c(C(=O)C(C)C)c1C.Cc1nc2cccnc2c(C(=O)C(C)C)c1C. The van der Waals surface area contributed by atoms with Gasteiger partial charge in [0.1, 0.15) is 0 Å². The Kier molecular flexibility index (Phi) is 16.6. The van der Waals surface area contributed by atoms with E-state index in [-0.39, 0.29) is 46.3 Å². The Bertz CT molecular complexity index is 3170. The number of pyridine rings is 3. The summed E-state index contributed by atoms with van der Waals surface area (Å²) in [5, 5.41) is 7.54. The van der Waals surface area contributed by atoms with Gasteiger partial charge in [-0.3, -0.25) is 34.1 Å². The molecule has 0 bridgehead atoms. The highest BCUT2D eigenvalue weighted by molar-refractivity contribution is 6.20. The molecule has 9 rings (SSSR count). The van der Waals surface area contributed by atoms with Crippen LogP contribution in [0.4, 0.5) is 0 Å². The molecule has 3 aromatic heterocycles. The first-order valence-electron chi connectivity index (χ1n) is 24.7. The number of hydrogen-bond donors (Lipinski definition) is 0. The smallest absolute Gasteiger partial charge is 0.169 e. The van der Waals surface area contributed by atoms with Crippen LogP contribution in [0.1, 0.15) is 137 Å². The van der Waals surface area contributed by atoms with Gasteiger partial charge in [-0.05, 0) is 120 Å². The van der Waals surface area contributed by atoms with Gasteiger partial charge in [-0.15, -0.1) is 0 Å². The van der Waals surface area contributed by atoms with Gasteiger partial charge in [0.15, 0.2) is 23.1 Å². The standard InChI is InChI=1S/C19H18O.C16H18O.C15H17NO.C14H16N2O/c1-19(2,3)18(20)17-15-10-6-4-8-13(15)12-14-9-5-7-11-16(14)17;1-10(2)16(17)15-12(4)11(3)9-13-7-5-6-8-14(13)15;1-9(2)15(17)14-10(3)11(4)16-13-8-6-5-7-12(13)14;1-8(2)14(17)12-9(3)10(4)16-11-6-5-7-15-13(11)12/h4-12H,1-3H3;5-10H,1-4H3;5-9H,1-4H3;5-8H,1-4H3. The summed E-state index contributed by atoms with van der Waals surface area (Å²) >= 11 is 0. The number of aryl methyl sites for hydroxylation is 3. The largest absolute Gasteiger partial charge is 0.294 e. The maximum absolute atomic E-state index is 12.9. The molecule has 0 spiro atoms. The molecule has 6 aromatic carbocycles. The molecule has 0 fully saturated rings. The van der Waals surface area contributed by atoms with Crippen LogP contribution in [0.25, 0.3) is 54.3 Å². The van der Waals surface area contributed by atoms with E-state index in [4.69, 9.17) is 0 Å². The highest BCUT2D eigenvalue weighted by atomic mass is 16.1. The summed E-state index contributed by atoms with van der Waals surface area (Å²) in [7, 11) is 0. The molecule has 7 nitrogen and oxygen atoms in total. The van der Waals surface area contributed by atoms with E-state index in [0.717, 1.165) is 99.1 Å². The van der Waals surface area contributed by atoms with Crippen LogP contribution in [0.15, 0.2) is 128 Å². The number of fused-ring (bicyclic) bond motifs is 5. The van der Waals surface area contributed by atoms with Crippen LogP contribution in [-0.2, 0) is 0 Å². The van der Waals surface area contributed by atoms with Crippen LogP contribution in [0.3, 0.4) is 0 Å². The van der Waals surface area contributed by atoms with Gasteiger partial charge in [-0.1, -0.05) is 159 Å². The fourth-order valence-corrected chi connectivity index (χ4v) is 8.76. The van der Waals surface area contributed by atoms with Crippen LogP contribution in [-0.4, -0.2) is 38.1 Å². The summed E-state index contributed by atoms with van der Waals surface area (Å²) in [5.74, 6) is 0.798. The van der Waals surface area contributed by atoms with Gasteiger partial charge in [0, 0.05) is 62.8 Å². The summed E-state index contributed by atoms with van der Waals surface area (Å²) in [4.78, 5) is 63.1. The maximum Gasteiger partial charge on any atom is 0.169 e. The van der Waals surface area contributed by atoms with E-state index >= 15 is 0 Å². The first-order valence-corrected chi connectivity index (χ1v) is 24.7. The molecule has 0 aliphatic carbocycles. The average molecular weight is 944 g/mol. The van der Waals surface area contributed by atoms with Crippen molar-refractivity contribution in [2.45, 2.75) is 104 Å². The Hall–Kier alpha value is -7.25. The molecular weight excluding hydrogens is 875 g/mol. The lowest BCUT2D eigenvalue weighted by molar-refractivity contribution is 0.0860. The van der Waals surface area contributed by atoms with Gasteiger partial charge >= 0.3 is 0 Å². The van der Waals surface area contributed by atoms with Crippen molar-refractivity contribution in [3.05, 3.63) is 183 Å². The van der Waals surface area contributed by atoms with Crippen molar-refractivity contribution in [3.8, 4) is 0 Å². The van der Waals surface area contributed by atoms with Gasteiger partial charge in [-0.25, -0.2) is 0 Å². The second-order valence-electron chi connectivity index (χ2n) is 20.5. The minimum Gasteiger partial charge on any atom is -0.294 e. The van der Waals surface area contributed by atoms with E-state index in [1.54, 1.807) is 6.20 Å². The van der Waals surface area contributed by atoms with E-state index < -0.39 is 0 Å². The van der Waals surface area contributed by atoms with Crippen molar-refractivity contribution in [1.82, 2.24) is 15.0 Å². The molecule has 0 unspecified atom stereocenters. The number of Topliss-reactive ketones (excluding diaryl/α,β-unsaturated/α-hetero) is 4. The molecule has 0 atom stereocenters. The van der Waals surface area contributed by atoms with Crippen molar-refractivity contribution in [1.29, 1.82) is 0 Å². The molecule has 71 heavy (non-hydrogen) atoms. The minimum absolute atomic E-state index is 0.0129. The molecule has 3 heterocycles. The number of ketones is 4. The Morgan fingerprint density at radius 1 is 0.423 bits per heavy atom. The predicted molar refractivity (Wildman–Crippen MR) is 296 cm³/mol. The average Bonchev–Trinajstić information content (AvgIpc) is 3.34. The van der Waals surface area contributed by atoms with Crippen LogP contribution in [0.5, 0.6) is 0 Å². The highest BCUT2D eigenvalue weighted by Gasteiger charge is 2.27. The van der Waals surface area contributed by atoms with Crippen LogP contribution in [0, 0.1) is 64.7 Å². The van der Waals surface area contributed by atoms with Gasteiger partial charge < -0.3 is 0 Å². The summed E-state index contributed by atoms with van der Waals surface area (Å²) in [6, 6.07) is 40.3. The monoisotopic (exact) mass is 944 g/mol. The zero-order valence-corrected chi connectivity index (χ0v) is 44.3. The number of hydrogen-bond acceptors (Lipinski definition) is 7. The minimum atomic E-state index is -0.382. The molecule has 364 valence electrons. The highest BCUT2D eigenvalue weighted by Crippen LogP contribution is 2.34. The first kappa shape index (κ1) is 53.1. The number of benzene rings is 6. The predicted octanol–water partition coefficient (Wildman–Crippen LogP) is 16.3. The summed E-state index contributed by atoms with van der Waals surface area (Å²) < 4.78 is 0. The number of carbonyl (C=O) groups is 4. The Morgan fingerprint density at radius 3 is 1.30 bits per heavy atom. The van der Waals surface area contributed by atoms with Gasteiger partial charge in [0.25, 0.3) is 0 Å². The molecule has 0 saturated heterocycles. The van der Waals surface area contributed by atoms with Crippen LogP contribution >= 0.6 is 0 Å². The van der Waals surface area contributed by atoms with Gasteiger partial charge in [0.2, 0.25) is 0 Å². The molecule has 0 radical (unpaired) electrons. The summed E-state index contributed by atoms with van der Waals surface area (Å²) in [6.07, 6.45) is 1.70. The second-order valence-corrected chi connectivity index (χ2v) is 20.5. The quantitative estimate of drug-likeness (QED) is 0.116. The normalized spacial score (nSPS) is 11.4. The summed E-state index contributed by atoms with van der Waals surface area (Å²) in [6.45, 7) is 29.4. The maximum atomic E-state index is 12.9. The number of aromatic nitrogens is 3. The first-order chi connectivity index (χ1) is 33.5. The summed E-state index contributed by atoms with van der Waals surface area (Å²) in [5.41, 5.74) is 11.4. The molecular formula is C64H69N3O4. The molecule has 0 amide bonds. The number of nitrogens with zero attached hydrogens (tertiary/aromatic N) is 3. The van der Waals surface area contributed by atoms with Crippen molar-refractivity contribution < 1.29 is 19.2 Å². The van der Waals surface area contributed by atoms with E-state index in [1.165, 1.54) is 5.56 Å². The fraction of sp³-hybridized carbons (Fsp3) is 0.297. The van der Waals surface area contributed by atoms with Crippen molar-refractivity contribution in [3.63, 3.8) is 0 Å². The van der Waals surface area contributed by atoms with Gasteiger partial charge in [0.05, 0.1) is 22.1 Å². The Labute approximate surface area is 420 Å². The third-order valence-electron chi connectivity index (χ3n) is 13.2. The second kappa shape index (κ2) is 22.2. The number of rotatable bonds is 7. The van der Waals surface area contributed by atoms with E-state index in [1.807, 2.05) is 188 Å². The van der Waals surface area contributed by atoms with Crippen molar-refractivity contribution in [2.24, 2.45) is 23.2 Å². The van der Waals surface area contributed by atoms with Crippen molar-refractivity contribution in [2.75, 3.05) is 0 Å². The molecule has 0 aliphatic heterocycles. The van der Waals surface area contributed by atoms with Crippen LogP contribution < -0.4 is 0 Å². The number of carbonyl (C=O) groups excluding carboxylic acids is 4. The Morgan fingerprint density at radius 2 is 0.803 bits per heavy atom. The molecule has 0 saturated carbocycles. The lowest BCUT2D eigenvalue weighted by atomic mass is 9.82. The Balaban J connectivity index is 0.000000155. The lowest BCUT2D eigenvalue weighted by Crippen LogP contribution is -2.20. The van der Waals surface area contributed by atoms with E-state index in [0.29, 0.717) is 5.52 Å². The zero-order chi connectivity index (χ0) is 52.1. The molecule has 9 aromatic rings. The molecule has 0 N–H and O–H groups in total. The molecule has 7 heteroatoms. The fourth-order valence-electron chi connectivity index (χ4n) is 8.76. The van der Waals surface area contributed by atoms with E-state index in [2.05, 4.69) is 52.2 Å². The topological polar surface area (TPSA) is 107 Å².